The number of hydrogen-bond donors (Lipinski definition) is 2. The summed E-state index contributed by atoms with van der Waals surface area (Å²) in [6, 6.07) is 4.67. The fraction of sp³-hybridized carbons (Fsp3) is 0.562. The van der Waals surface area contributed by atoms with Gasteiger partial charge < -0.3 is 10.4 Å². The molecule has 2 rings (SSSR count). The number of benzene rings is 1. The minimum absolute atomic E-state index is 0.0647. The molecule has 1 aromatic rings. The molecular formula is C16H21F3N2O2. The van der Waals surface area contributed by atoms with Crippen molar-refractivity contribution in [2.45, 2.75) is 37.9 Å². The molecule has 1 atom stereocenters. The minimum atomic E-state index is -4.43. The fourth-order valence-corrected chi connectivity index (χ4v) is 2.80. The van der Waals surface area contributed by atoms with Gasteiger partial charge in [-0.3, -0.25) is 9.69 Å². The highest BCUT2D eigenvalue weighted by atomic mass is 19.4. The van der Waals surface area contributed by atoms with Crippen molar-refractivity contribution >= 4 is 11.6 Å². The zero-order valence-electron chi connectivity index (χ0n) is 12.8. The number of hydrogen-bond acceptors (Lipinski definition) is 3. The van der Waals surface area contributed by atoms with Gasteiger partial charge in [0.2, 0.25) is 5.91 Å². The molecule has 0 bridgehead atoms. The van der Waals surface area contributed by atoms with Crippen LogP contribution in [0.3, 0.4) is 0 Å². The van der Waals surface area contributed by atoms with Gasteiger partial charge in [0.05, 0.1) is 12.2 Å². The van der Waals surface area contributed by atoms with Crippen LogP contribution in [0.25, 0.3) is 0 Å². The highest BCUT2D eigenvalue weighted by Gasteiger charge is 2.30. The fourth-order valence-electron chi connectivity index (χ4n) is 2.80. The van der Waals surface area contributed by atoms with Crippen molar-refractivity contribution < 1.29 is 23.1 Å². The zero-order valence-corrected chi connectivity index (χ0v) is 12.8. The van der Waals surface area contributed by atoms with E-state index >= 15 is 0 Å². The van der Waals surface area contributed by atoms with Gasteiger partial charge in [0.1, 0.15) is 0 Å². The van der Waals surface area contributed by atoms with Crippen molar-refractivity contribution in [3.63, 3.8) is 0 Å². The van der Waals surface area contributed by atoms with Gasteiger partial charge in [-0.15, -0.1) is 0 Å². The van der Waals surface area contributed by atoms with Gasteiger partial charge in [0.15, 0.2) is 0 Å². The van der Waals surface area contributed by atoms with E-state index in [1.165, 1.54) is 12.1 Å². The molecule has 1 aliphatic rings. The summed E-state index contributed by atoms with van der Waals surface area (Å²) in [5, 5.41) is 11.8. The summed E-state index contributed by atoms with van der Waals surface area (Å²) in [5.41, 5.74) is -0.645. The van der Waals surface area contributed by atoms with Crippen LogP contribution in [0.2, 0.25) is 0 Å². The monoisotopic (exact) mass is 330 g/mol. The first-order chi connectivity index (χ1) is 10.9. The number of likely N-dealkylation sites (tertiary alicyclic amines) is 1. The number of amides is 1. The average molecular weight is 330 g/mol. The van der Waals surface area contributed by atoms with Crippen LogP contribution in [-0.2, 0) is 11.0 Å². The van der Waals surface area contributed by atoms with E-state index in [1.54, 1.807) is 0 Å². The molecule has 0 aromatic heterocycles. The third-order valence-corrected chi connectivity index (χ3v) is 4.06. The largest absolute Gasteiger partial charge is 0.416 e. The zero-order chi connectivity index (χ0) is 16.9. The summed E-state index contributed by atoms with van der Waals surface area (Å²) in [7, 11) is 0. The average Bonchev–Trinajstić information content (AvgIpc) is 2.52. The molecular weight excluding hydrogens is 309 g/mol. The molecule has 1 aliphatic heterocycles. The Morgan fingerprint density at radius 3 is 2.83 bits per heavy atom. The lowest BCUT2D eigenvalue weighted by molar-refractivity contribution is -0.137. The molecule has 0 saturated carbocycles. The van der Waals surface area contributed by atoms with E-state index < -0.39 is 11.7 Å². The number of anilines is 1. The number of aliphatic hydroxyl groups is 1. The Kier molecular flexibility index (Phi) is 6.01. The molecule has 1 heterocycles. The molecule has 1 saturated heterocycles. The summed E-state index contributed by atoms with van der Waals surface area (Å²) in [4.78, 5) is 14.0. The van der Waals surface area contributed by atoms with E-state index in [0.717, 1.165) is 37.9 Å². The van der Waals surface area contributed by atoms with Crippen LogP contribution >= 0.6 is 0 Å². The van der Waals surface area contributed by atoms with Crippen LogP contribution in [0.5, 0.6) is 0 Å². The van der Waals surface area contributed by atoms with Crippen molar-refractivity contribution in [2.24, 2.45) is 0 Å². The van der Waals surface area contributed by atoms with Crippen LogP contribution in [0.4, 0.5) is 18.9 Å². The first kappa shape index (κ1) is 17.7. The van der Waals surface area contributed by atoms with E-state index in [4.69, 9.17) is 0 Å². The van der Waals surface area contributed by atoms with Crippen LogP contribution in [0.1, 0.15) is 31.2 Å². The number of carbonyl (C=O) groups is 1. The van der Waals surface area contributed by atoms with Crippen molar-refractivity contribution in [3.05, 3.63) is 29.8 Å². The molecule has 128 valence electrons. The summed E-state index contributed by atoms with van der Waals surface area (Å²) in [6.45, 7) is 1.40. The lowest BCUT2D eigenvalue weighted by Crippen LogP contribution is -2.43. The molecule has 23 heavy (non-hydrogen) atoms. The lowest BCUT2D eigenvalue weighted by Gasteiger charge is -2.34. The minimum Gasteiger partial charge on any atom is -0.395 e. The summed E-state index contributed by atoms with van der Waals surface area (Å²) >= 11 is 0. The van der Waals surface area contributed by atoms with Crippen molar-refractivity contribution in [2.75, 3.05) is 25.0 Å². The van der Waals surface area contributed by atoms with Gasteiger partial charge in [-0.2, -0.15) is 13.2 Å². The van der Waals surface area contributed by atoms with Crippen LogP contribution in [0.15, 0.2) is 24.3 Å². The number of carbonyl (C=O) groups excluding carboxylic acids is 1. The van der Waals surface area contributed by atoms with Gasteiger partial charge >= 0.3 is 6.18 Å². The molecule has 1 aromatic carbocycles. The molecule has 1 amide bonds. The Morgan fingerprint density at radius 2 is 2.13 bits per heavy atom. The topological polar surface area (TPSA) is 52.6 Å². The van der Waals surface area contributed by atoms with E-state index in [9.17, 15) is 23.1 Å². The van der Waals surface area contributed by atoms with Gasteiger partial charge in [-0.05, 0) is 37.6 Å². The highest BCUT2D eigenvalue weighted by Crippen LogP contribution is 2.30. The SMILES string of the molecule is O=C(CCN1CCCCC1CO)Nc1cccc(C(F)(F)F)c1. The van der Waals surface area contributed by atoms with E-state index in [1.807, 2.05) is 0 Å². The maximum Gasteiger partial charge on any atom is 0.416 e. The predicted octanol–water partition coefficient (Wildman–Crippen LogP) is 2.88. The number of nitrogens with one attached hydrogen (secondary N) is 1. The third-order valence-electron chi connectivity index (χ3n) is 4.06. The second-order valence-electron chi connectivity index (χ2n) is 5.74. The summed E-state index contributed by atoms with van der Waals surface area (Å²) in [6.07, 6.45) is -1.23. The molecule has 0 radical (unpaired) electrons. The molecule has 2 N–H and O–H groups in total. The quantitative estimate of drug-likeness (QED) is 0.873. The smallest absolute Gasteiger partial charge is 0.395 e. The predicted molar refractivity (Wildman–Crippen MR) is 81.0 cm³/mol. The maximum atomic E-state index is 12.6. The van der Waals surface area contributed by atoms with Crippen molar-refractivity contribution in [1.29, 1.82) is 0 Å². The Morgan fingerprint density at radius 1 is 1.35 bits per heavy atom. The third kappa shape index (κ3) is 5.21. The number of halogens is 3. The molecule has 4 nitrogen and oxygen atoms in total. The molecule has 1 fully saturated rings. The molecule has 1 unspecified atom stereocenters. The van der Waals surface area contributed by atoms with E-state index in [-0.39, 0.29) is 30.7 Å². The van der Waals surface area contributed by atoms with Crippen LogP contribution in [-0.4, -0.2) is 41.7 Å². The van der Waals surface area contributed by atoms with Gasteiger partial charge in [-0.25, -0.2) is 0 Å². The highest BCUT2D eigenvalue weighted by molar-refractivity contribution is 5.90. The summed E-state index contributed by atoms with van der Waals surface area (Å²) in [5.74, 6) is -0.327. The molecule has 7 heteroatoms. The Bertz CT molecular complexity index is 534. The first-order valence-corrected chi connectivity index (χ1v) is 7.72. The van der Waals surface area contributed by atoms with Crippen LogP contribution < -0.4 is 5.32 Å². The maximum absolute atomic E-state index is 12.6. The normalized spacial score (nSPS) is 19.6. The van der Waals surface area contributed by atoms with Crippen molar-refractivity contribution in [3.8, 4) is 0 Å². The van der Waals surface area contributed by atoms with Gasteiger partial charge in [0, 0.05) is 24.7 Å². The first-order valence-electron chi connectivity index (χ1n) is 7.72. The van der Waals surface area contributed by atoms with E-state index in [2.05, 4.69) is 10.2 Å². The number of alkyl halides is 3. The van der Waals surface area contributed by atoms with Gasteiger partial charge in [-0.1, -0.05) is 12.5 Å². The number of piperidine rings is 1. The van der Waals surface area contributed by atoms with Gasteiger partial charge in [0.25, 0.3) is 0 Å². The standard InChI is InChI=1S/C16H21F3N2O2/c17-16(18,19)12-4-3-5-13(10-12)20-15(23)7-9-21-8-2-1-6-14(21)11-22/h3-5,10,14,22H,1-2,6-9,11H2,(H,20,23). The number of aliphatic hydroxyl groups excluding tert-OH is 1. The second kappa shape index (κ2) is 7.79. The molecule has 0 aliphatic carbocycles. The number of rotatable bonds is 5. The Balaban J connectivity index is 1.87. The second-order valence-corrected chi connectivity index (χ2v) is 5.74. The Labute approximate surface area is 133 Å². The Hall–Kier alpha value is -1.60. The lowest BCUT2D eigenvalue weighted by atomic mass is 10.0. The van der Waals surface area contributed by atoms with Crippen molar-refractivity contribution in [1.82, 2.24) is 4.90 Å². The summed E-state index contributed by atoms with van der Waals surface area (Å²) < 4.78 is 37.9. The van der Waals surface area contributed by atoms with E-state index in [0.29, 0.717) is 6.54 Å². The number of nitrogens with zero attached hydrogens (tertiary/aromatic N) is 1. The van der Waals surface area contributed by atoms with Crippen LogP contribution in [0, 0.1) is 0 Å². The molecule has 0 spiro atoms.